The van der Waals surface area contributed by atoms with E-state index in [9.17, 15) is 0 Å². The van der Waals surface area contributed by atoms with Crippen LogP contribution in [0.25, 0.3) is 78.9 Å². The Balaban J connectivity index is 1.31. The minimum Gasteiger partial charge on any atom is -0.253 e. The summed E-state index contributed by atoms with van der Waals surface area (Å²) in [6.07, 6.45) is 3.49. The molecule has 0 saturated heterocycles. The molecule has 0 atom stereocenters. The Labute approximate surface area is 279 Å². The molecular formula is C43H29N5. The molecule has 0 saturated carbocycles. The van der Waals surface area contributed by atoms with Crippen molar-refractivity contribution in [3.63, 3.8) is 0 Å². The molecule has 0 amide bonds. The Hall–Kier alpha value is -6.59. The molecular weight excluding hydrogens is 587 g/mol. The maximum absolute atomic E-state index is 4.92. The van der Waals surface area contributed by atoms with Crippen molar-refractivity contribution in [2.24, 2.45) is 0 Å². The van der Waals surface area contributed by atoms with Crippen LogP contribution in [0.1, 0.15) is 0 Å². The average Bonchev–Trinajstić information content (AvgIpc) is 3.19. The number of benzene rings is 5. The second-order valence-electron chi connectivity index (χ2n) is 11.4. The number of pyridine rings is 2. The van der Waals surface area contributed by atoms with E-state index in [0.717, 1.165) is 27.8 Å². The topological polar surface area (TPSA) is 64.5 Å². The summed E-state index contributed by atoms with van der Waals surface area (Å²) in [5, 5.41) is 0. The third kappa shape index (κ3) is 5.88. The Morgan fingerprint density at radius 3 is 1.15 bits per heavy atom. The molecule has 0 radical (unpaired) electrons. The summed E-state index contributed by atoms with van der Waals surface area (Å²) in [5.74, 6) is 1.55. The van der Waals surface area contributed by atoms with Gasteiger partial charge in [0.1, 0.15) is 11.4 Å². The van der Waals surface area contributed by atoms with E-state index in [1.54, 1.807) is 12.4 Å². The van der Waals surface area contributed by atoms with Crippen LogP contribution in [0.4, 0.5) is 0 Å². The maximum Gasteiger partial charge on any atom is 0.182 e. The largest absolute Gasteiger partial charge is 0.253 e. The smallest absolute Gasteiger partial charge is 0.182 e. The lowest BCUT2D eigenvalue weighted by molar-refractivity contribution is 1.05. The predicted molar refractivity (Wildman–Crippen MR) is 193 cm³/mol. The van der Waals surface area contributed by atoms with Gasteiger partial charge in [0.05, 0.1) is 0 Å². The number of hydrogen-bond acceptors (Lipinski definition) is 5. The molecule has 0 unspecified atom stereocenters. The first-order chi connectivity index (χ1) is 23.8. The summed E-state index contributed by atoms with van der Waals surface area (Å²) >= 11 is 0. The lowest BCUT2D eigenvalue weighted by Gasteiger charge is -2.16. The zero-order valence-electron chi connectivity index (χ0n) is 26.0. The van der Waals surface area contributed by atoms with E-state index in [1.165, 1.54) is 22.3 Å². The van der Waals surface area contributed by atoms with Gasteiger partial charge in [-0.2, -0.15) is 0 Å². The van der Waals surface area contributed by atoms with Crippen molar-refractivity contribution < 1.29 is 0 Å². The molecule has 5 heteroatoms. The summed E-state index contributed by atoms with van der Waals surface area (Å²) < 4.78 is 0. The van der Waals surface area contributed by atoms with Gasteiger partial charge in [0, 0.05) is 18.0 Å². The normalized spacial score (nSPS) is 10.9. The van der Waals surface area contributed by atoms with E-state index in [1.807, 2.05) is 42.5 Å². The van der Waals surface area contributed by atoms with Crippen LogP contribution in [0.5, 0.6) is 0 Å². The molecule has 3 heterocycles. The first-order valence-electron chi connectivity index (χ1n) is 15.8. The molecule has 0 aliphatic rings. The van der Waals surface area contributed by atoms with Gasteiger partial charge in [-0.25, -0.2) is 15.0 Å². The van der Waals surface area contributed by atoms with Crippen LogP contribution in [-0.2, 0) is 0 Å². The molecule has 8 rings (SSSR count). The first kappa shape index (κ1) is 28.9. The molecule has 5 nitrogen and oxygen atoms in total. The Bertz CT molecular complexity index is 2250. The van der Waals surface area contributed by atoms with E-state index >= 15 is 0 Å². The molecule has 0 fully saturated rings. The van der Waals surface area contributed by atoms with Crippen molar-refractivity contribution in [3.8, 4) is 78.9 Å². The third-order valence-electron chi connectivity index (χ3n) is 8.29. The van der Waals surface area contributed by atoms with Gasteiger partial charge in [0.25, 0.3) is 0 Å². The van der Waals surface area contributed by atoms with Gasteiger partial charge in [-0.3, -0.25) is 9.97 Å². The zero-order chi connectivity index (χ0) is 32.1. The fourth-order valence-electron chi connectivity index (χ4n) is 5.95. The molecule has 0 spiro atoms. The summed E-state index contributed by atoms with van der Waals surface area (Å²) in [6.45, 7) is 0. The highest BCUT2D eigenvalue weighted by Gasteiger charge is 2.17. The van der Waals surface area contributed by atoms with Crippen LogP contribution in [0, 0.1) is 0 Å². The summed E-state index contributed by atoms with van der Waals surface area (Å²) in [5.41, 5.74) is 11.4. The van der Waals surface area contributed by atoms with Gasteiger partial charge in [-0.05, 0) is 80.9 Å². The predicted octanol–water partition coefficient (Wildman–Crippen LogP) is 10.3. The maximum atomic E-state index is 4.92. The quantitative estimate of drug-likeness (QED) is 0.178. The molecule has 0 aliphatic heterocycles. The molecule has 0 aliphatic carbocycles. The van der Waals surface area contributed by atoms with Crippen LogP contribution < -0.4 is 0 Å². The van der Waals surface area contributed by atoms with Crippen LogP contribution in [0.2, 0.25) is 0 Å². The Morgan fingerprint density at radius 1 is 0.271 bits per heavy atom. The van der Waals surface area contributed by atoms with Gasteiger partial charge >= 0.3 is 0 Å². The first-order valence-corrected chi connectivity index (χ1v) is 15.8. The standard InChI is InChI=1S/C43H29N5/c1-4-14-30(15-5-1)35-24-22-33(28-37(35)31-16-6-2-7-17-31)36-25-23-34(29-38(36)32-18-8-3-9-19-32)41-46-42(39-20-10-12-26-44-39)48-43(47-41)40-21-11-13-27-45-40/h1-29H. The van der Waals surface area contributed by atoms with Gasteiger partial charge in [-0.1, -0.05) is 127 Å². The molecule has 8 aromatic rings. The second-order valence-corrected chi connectivity index (χ2v) is 11.4. The number of nitrogens with zero attached hydrogens (tertiary/aromatic N) is 5. The molecule has 3 aromatic heterocycles. The summed E-state index contributed by atoms with van der Waals surface area (Å²) in [6, 6.07) is 56.3. The van der Waals surface area contributed by atoms with E-state index in [0.29, 0.717) is 28.9 Å². The molecule has 226 valence electrons. The molecule has 0 N–H and O–H groups in total. The van der Waals surface area contributed by atoms with Crippen molar-refractivity contribution >= 4 is 0 Å². The van der Waals surface area contributed by atoms with Gasteiger partial charge < -0.3 is 0 Å². The van der Waals surface area contributed by atoms with Crippen molar-refractivity contribution in [3.05, 3.63) is 176 Å². The van der Waals surface area contributed by atoms with Crippen LogP contribution in [-0.4, -0.2) is 24.9 Å². The molecule has 5 aromatic carbocycles. The fourth-order valence-corrected chi connectivity index (χ4v) is 5.95. The van der Waals surface area contributed by atoms with Crippen LogP contribution in [0.3, 0.4) is 0 Å². The number of hydrogen-bond donors (Lipinski definition) is 0. The SMILES string of the molecule is c1ccc(-c2ccc(-c3ccc(-c4nc(-c5ccccn5)nc(-c5ccccn5)n4)cc3-c3ccccc3)cc2-c2ccccc2)cc1. The summed E-state index contributed by atoms with van der Waals surface area (Å²) in [7, 11) is 0. The van der Waals surface area contributed by atoms with Crippen molar-refractivity contribution in [1.29, 1.82) is 0 Å². The van der Waals surface area contributed by atoms with Gasteiger partial charge in [0.15, 0.2) is 17.5 Å². The highest BCUT2D eigenvalue weighted by Crippen LogP contribution is 2.40. The van der Waals surface area contributed by atoms with Gasteiger partial charge in [-0.15, -0.1) is 0 Å². The van der Waals surface area contributed by atoms with Crippen molar-refractivity contribution in [2.75, 3.05) is 0 Å². The minimum atomic E-state index is 0.496. The van der Waals surface area contributed by atoms with Crippen LogP contribution in [0.15, 0.2) is 176 Å². The highest BCUT2D eigenvalue weighted by atomic mass is 15.1. The lowest BCUT2D eigenvalue weighted by atomic mass is 9.88. The summed E-state index contributed by atoms with van der Waals surface area (Å²) in [4.78, 5) is 23.7. The fraction of sp³-hybridized carbons (Fsp3) is 0. The monoisotopic (exact) mass is 615 g/mol. The average molecular weight is 616 g/mol. The Morgan fingerprint density at radius 2 is 0.667 bits per heavy atom. The van der Waals surface area contributed by atoms with E-state index in [2.05, 4.69) is 131 Å². The van der Waals surface area contributed by atoms with E-state index in [4.69, 9.17) is 15.0 Å². The minimum absolute atomic E-state index is 0.496. The van der Waals surface area contributed by atoms with Crippen molar-refractivity contribution in [2.45, 2.75) is 0 Å². The second kappa shape index (κ2) is 13.0. The zero-order valence-corrected chi connectivity index (χ0v) is 26.0. The van der Waals surface area contributed by atoms with E-state index < -0.39 is 0 Å². The Kier molecular flexibility index (Phi) is 7.83. The number of rotatable bonds is 7. The molecule has 48 heavy (non-hydrogen) atoms. The molecule has 0 bridgehead atoms. The highest BCUT2D eigenvalue weighted by molar-refractivity contribution is 5.92. The van der Waals surface area contributed by atoms with E-state index in [-0.39, 0.29) is 0 Å². The van der Waals surface area contributed by atoms with Crippen LogP contribution >= 0.6 is 0 Å². The lowest BCUT2D eigenvalue weighted by Crippen LogP contribution is -2.02. The number of aromatic nitrogens is 5. The van der Waals surface area contributed by atoms with Gasteiger partial charge in [0.2, 0.25) is 0 Å². The van der Waals surface area contributed by atoms with Crippen molar-refractivity contribution in [1.82, 2.24) is 24.9 Å². The third-order valence-corrected chi connectivity index (χ3v) is 8.29.